The maximum absolute atomic E-state index is 4.34. The van der Waals surface area contributed by atoms with Crippen molar-refractivity contribution >= 4 is 34.0 Å². The van der Waals surface area contributed by atoms with Crippen molar-refractivity contribution in [2.45, 2.75) is 16.2 Å². The number of pyridine rings is 1. The number of aromatic nitrogens is 3. The Morgan fingerprint density at radius 3 is 2.82 bits per heavy atom. The molecule has 0 unspecified atom stereocenters. The molecule has 0 amide bonds. The number of para-hydroxylation sites is 1. The highest BCUT2D eigenvalue weighted by Gasteiger charge is 2.06. The van der Waals surface area contributed by atoms with Gasteiger partial charge in [-0.05, 0) is 19.1 Å². The molecule has 2 aromatic heterocycles. The van der Waals surface area contributed by atoms with Crippen LogP contribution >= 0.6 is 23.1 Å². The number of hydrogen-bond acceptors (Lipinski definition) is 5. The van der Waals surface area contributed by atoms with E-state index in [0.29, 0.717) is 0 Å². The SMILES string of the molecule is Cc1nnc(Sc2ccnc3ccccc23)s1. The van der Waals surface area contributed by atoms with Crippen molar-refractivity contribution in [3.05, 3.63) is 41.5 Å². The highest BCUT2D eigenvalue weighted by atomic mass is 32.2. The molecular formula is C12H9N3S2. The fraction of sp³-hybridized carbons (Fsp3) is 0.0833. The van der Waals surface area contributed by atoms with Crippen LogP contribution in [-0.2, 0) is 0 Å². The van der Waals surface area contributed by atoms with Gasteiger partial charge in [0.2, 0.25) is 0 Å². The van der Waals surface area contributed by atoms with Crippen LogP contribution in [0.4, 0.5) is 0 Å². The molecule has 0 saturated carbocycles. The molecule has 0 atom stereocenters. The van der Waals surface area contributed by atoms with Gasteiger partial charge in [0.1, 0.15) is 5.01 Å². The highest BCUT2D eigenvalue weighted by Crippen LogP contribution is 2.33. The standard InChI is InChI=1S/C12H9N3S2/c1-8-14-15-12(16-8)17-11-6-7-13-10-5-3-2-4-9(10)11/h2-7H,1H3. The van der Waals surface area contributed by atoms with Crippen molar-refractivity contribution in [3.63, 3.8) is 0 Å². The van der Waals surface area contributed by atoms with Crippen molar-refractivity contribution in [1.29, 1.82) is 0 Å². The summed E-state index contributed by atoms with van der Waals surface area (Å²) in [7, 11) is 0. The first-order valence-corrected chi connectivity index (χ1v) is 6.78. The predicted octanol–water partition coefficient (Wildman–Crippen LogP) is 3.55. The second-order valence-corrected chi connectivity index (χ2v) is 5.99. The Morgan fingerprint density at radius 1 is 1.12 bits per heavy atom. The van der Waals surface area contributed by atoms with E-state index >= 15 is 0 Å². The van der Waals surface area contributed by atoms with Gasteiger partial charge in [-0.3, -0.25) is 4.98 Å². The first kappa shape index (κ1) is 10.7. The topological polar surface area (TPSA) is 38.7 Å². The molecule has 0 radical (unpaired) electrons. The average molecular weight is 259 g/mol. The van der Waals surface area contributed by atoms with Crippen molar-refractivity contribution in [3.8, 4) is 0 Å². The number of aryl methyl sites for hydroxylation is 1. The van der Waals surface area contributed by atoms with Gasteiger partial charge in [-0.1, -0.05) is 41.3 Å². The van der Waals surface area contributed by atoms with E-state index in [1.165, 1.54) is 4.90 Å². The minimum absolute atomic E-state index is 0.971. The number of fused-ring (bicyclic) bond motifs is 1. The molecule has 3 aromatic rings. The van der Waals surface area contributed by atoms with Gasteiger partial charge in [0.25, 0.3) is 0 Å². The van der Waals surface area contributed by atoms with Crippen molar-refractivity contribution in [2.24, 2.45) is 0 Å². The first-order valence-electron chi connectivity index (χ1n) is 5.14. The van der Waals surface area contributed by atoms with E-state index in [1.54, 1.807) is 23.1 Å². The van der Waals surface area contributed by atoms with Crippen molar-refractivity contribution in [1.82, 2.24) is 15.2 Å². The Balaban J connectivity index is 2.05. The van der Waals surface area contributed by atoms with E-state index in [2.05, 4.69) is 21.2 Å². The summed E-state index contributed by atoms with van der Waals surface area (Å²) in [5.74, 6) is 0. The minimum atomic E-state index is 0.971. The molecule has 17 heavy (non-hydrogen) atoms. The van der Waals surface area contributed by atoms with E-state index in [9.17, 15) is 0 Å². The van der Waals surface area contributed by atoms with Crippen LogP contribution in [0.3, 0.4) is 0 Å². The normalized spacial score (nSPS) is 10.9. The third-order valence-corrected chi connectivity index (χ3v) is 4.28. The van der Waals surface area contributed by atoms with Crippen LogP contribution in [0.5, 0.6) is 0 Å². The zero-order chi connectivity index (χ0) is 11.7. The third kappa shape index (κ3) is 2.16. The van der Waals surface area contributed by atoms with E-state index in [4.69, 9.17) is 0 Å². The zero-order valence-corrected chi connectivity index (χ0v) is 10.8. The van der Waals surface area contributed by atoms with Gasteiger partial charge in [0.15, 0.2) is 4.34 Å². The van der Waals surface area contributed by atoms with Gasteiger partial charge in [-0.2, -0.15) is 0 Å². The number of benzene rings is 1. The van der Waals surface area contributed by atoms with Gasteiger partial charge < -0.3 is 0 Å². The molecule has 0 saturated heterocycles. The summed E-state index contributed by atoms with van der Waals surface area (Å²) in [5, 5.41) is 10.3. The number of rotatable bonds is 2. The molecule has 0 aliphatic carbocycles. The maximum Gasteiger partial charge on any atom is 0.179 e. The lowest BCUT2D eigenvalue weighted by atomic mass is 10.2. The van der Waals surface area contributed by atoms with E-state index in [0.717, 1.165) is 20.3 Å². The summed E-state index contributed by atoms with van der Waals surface area (Å²) in [6.45, 7) is 1.96. The lowest BCUT2D eigenvalue weighted by Gasteiger charge is -2.02. The van der Waals surface area contributed by atoms with E-state index in [-0.39, 0.29) is 0 Å². The highest BCUT2D eigenvalue weighted by molar-refractivity contribution is 8.01. The molecule has 0 N–H and O–H groups in total. The van der Waals surface area contributed by atoms with Crippen molar-refractivity contribution < 1.29 is 0 Å². The third-order valence-electron chi connectivity index (χ3n) is 2.31. The predicted molar refractivity (Wildman–Crippen MR) is 70.5 cm³/mol. The minimum Gasteiger partial charge on any atom is -0.256 e. The Kier molecular flexibility index (Phi) is 2.78. The quantitative estimate of drug-likeness (QED) is 0.705. The lowest BCUT2D eigenvalue weighted by Crippen LogP contribution is -1.81. The number of hydrogen-bond donors (Lipinski definition) is 0. The molecule has 1 aromatic carbocycles. The number of nitrogens with zero attached hydrogens (tertiary/aromatic N) is 3. The fourth-order valence-electron chi connectivity index (χ4n) is 1.57. The fourth-order valence-corrected chi connectivity index (χ4v) is 3.47. The zero-order valence-electron chi connectivity index (χ0n) is 9.12. The second-order valence-electron chi connectivity index (χ2n) is 3.52. The van der Waals surface area contributed by atoms with Gasteiger partial charge in [0, 0.05) is 16.5 Å². The Morgan fingerprint density at radius 2 is 2.00 bits per heavy atom. The summed E-state index contributed by atoms with van der Waals surface area (Å²) in [6.07, 6.45) is 1.83. The molecule has 0 fully saturated rings. The van der Waals surface area contributed by atoms with Gasteiger partial charge >= 0.3 is 0 Å². The van der Waals surface area contributed by atoms with Crippen molar-refractivity contribution in [2.75, 3.05) is 0 Å². The molecule has 5 heteroatoms. The molecule has 2 heterocycles. The summed E-state index contributed by atoms with van der Waals surface area (Å²) >= 11 is 3.25. The molecule has 84 valence electrons. The molecule has 3 nitrogen and oxygen atoms in total. The Labute approximate surface area is 107 Å². The summed E-state index contributed by atoms with van der Waals surface area (Å²) in [6, 6.07) is 10.1. The Bertz CT molecular complexity index is 658. The van der Waals surface area contributed by atoms with E-state index in [1.807, 2.05) is 37.4 Å². The molecule has 0 aliphatic heterocycles. The molecular weight excluding hydrogens is 250 g/mol. The molecule has 0 bridgehead atoms. The smallest absolute Gasteiger partial charge is 0.179 e. The molecule has 0 aliphatic rings. The molecule has 0 spiro atoms. The van der Waals surface area contributed by atoms with Gasteiger partial charge in [0.05, 0.1) is 5.52 Å². The average Bonchev–Trinajstić information content (AvgIpc) is 2.75. The van der Waals surface area contributed by atoms with Crippen LogP contribution in [0.1, 0.15) is 5.01 Å². The van der Waals surface area contributed by atoms with Crippen LogP contribution in [0.2, 0.25) is 0 Å². The summed E-state index contributed by atoms with van der Waals surface area (Å²) in [4.78, 5) is 5.52. The van der Waals surface area contributed by atoms with Gasteiger partial charge in [-0.15, -0.1) is 10.2 Å². The van der Waals surface area contributed by atoms with Crippen LogP contribution in [0.15, 0.2) is 45.8 Å². The largest absolute Gasteiger partial charge is 0.256 e. The van der Waals surface area contributed by atoms with Crippen LogP contribution in [0.25, 0.3) is 10.9 Å². The Hall–Kier alpha value is -1.46. The van der Waals surface area contributed by atoms with Crippen LogP contribution in [0, 0.1) is 6.92 Å². The van der Waals surface area contributed by atoms with Crippen LogP contribution < -0.4 is 0 Å². The summed E-state index contributed by atoms with van der Waals surface area (Å²) in [5.41, 5.74) is 1.01. The van der Waals surface area contributed by atoms with E-state index < -0.39 is 0 Å². The van der Waals surface area contributed by atoms with Gasteiger partial charge in [-0.25, -0.2) is 0 Å². The lowest BCUT2D eigenvalue weighted by molar-refractivity contribution is 0.984. The maximum atomic E-state index is 4.34. The first-order chi connectivity index (χ1) is 8.33. The summed E-state index contributed by atoms with van der Waals surface area (Å²) < 4.78 is 0.971. The second kappa shape index (κ2) is 4.43. The monoisotopic (exact) mass is 259 g/mol. The van der Waals surface area contributed by atoms with Crippen LogP contribution in [-0.4, -0.2) is 15.2 Å². The molecule has 3 rings (SSSR count).